The van der Waals surface area contributed by atoms with E-state index in [0.717, 1.165) is 24.1 Å². The number of carbonyl (C=O) groups excluding carboxylic acids is 1. The second-order valence-corrected chi connectivity index (χ2v) is 5.92. The van der Waals surface area contributed by atoms with Crippen molar-refractivity contribution in [3.05, 3.63) is 22.7 Å². The molecular formula is C13H17ClN2O2. The third-order valence-electron chi connectivity index (χ3n) is 2.86. The van der Waals surface area contributed by atoms with Gasteiger partial charge in [-0.3, -0.25) is 4.79 Å². The first-order chi connectivity index (χ1) is 8.35. The Morgan fingerprint density at radius 2 is 2.22 bits per heavy atom. The molecule has 18 heavy (non-hydrogen) atoms. The maximum atomic E-state index is 12.0. The molecule has 0 radical (unpaired) electrons. The van der Waals surface area contributed by atoms with Gasteiger partial charge in [0.05, 0.1) is 5.92 Å². The van der Waals surface area contributed by atoms with Gasteiger partial charge in [0.15, 0.2) is 0 Å². The van der Waals surface area contributed by atoms with Crippen molar-refractivity contribution in [1.29, 1.82) is 0 Å². The van der Waals surface area contributed by atoms with Gasteiger partial charge in [-0.05, 0) is 57.2 Å². The van der Waals surface area contributed by atoms with Crippen LogP contribution in [0.5, 0.6) is 0 Å². The Bertz CT molecular complexity index is 469. The van der Waals surface area contributed by atoms with E-state index in [2.05, 4.69) is 9.97 Å². The molecule has 0 saturated carbocycles. The topological polar surface area (TPSA) is 52.1 Å². The molecule has 1 aromatic heterocycles. The van der Waals surface area contributed by atoms with Gasteiger partial charge in [-0.25, -0.2) is 9.97 Å². The van der Waals surface area contributed by atoms with Crippen LogP contribution in [-0.4, -0.2) is 21.5 Å². The number of nitrogens with zero attached hydrogens (tertiary/aromatic N) is 2. The molecular weight excluding hydrogens is 252 g/mol. The van der Waals surface area contributed by atoms with Gasteiger partial charge >= 0.3 is 5.97 Å². The summed E-state index contributed by atoms with van der Waals surface area (Å²) in [6.07, 6.45) is 3.86. The molecule has 1 unspecified atom stereocenters. The number of carbonyl (C=O) groups is 1. The number of hydrogen-bond acceptors (Lipinski definition) is 4. The van der Waals surface area contributed by atoms with Crippen molar-refractivity contribution in [1.82, 2.24) is 9.97 Å². The molecule has 0 fully saturated rings. The van der Waals surface area contributed by atoms with E-state index < -0.39 is 5.60 Å². The minimum Gasteiger partial charge on any atom is -0.460 e. The van der Waals surface area contributed by atoms with Gasteiger partial charge in [0.2, 0.25) is 5.28 Å². The van der Waals surface area contributed by atoms with Crippen molar-refractivity contribution in [3.63, 3.8) is 0 Å². The third-order valence-corrected chi connectivity index (χ3v) is 3.04. The summed E-state index contributed by atoms with van der Waals surface area (Å²) in [4.78, 5) is 20.1. The Hall–Kier alpha value is -1.16. The highest BCUT2D eigenvalue weighted by atomic mass is 35.5. The predicted octanol–water partition coefficient (Wildman–Crippen LogP) is 2.58. The summed E-state index contributed by atoms with van der Waals surface area (Å²) >= 11 is 5.75. The summed E-state index contributed by atoms with van der Waals surface area (Å²) in [5, 5.41) is 0.268. The highest BCUT2D eigenvalue weighted by molar-refractivity contribution is 6.28. The normalized spacial score (nSPS) is 19.2. The van der Waals surface area contributed by atoms with E-state index in [0.29, 0.717) is 6.42 Å². The number of aromatic nitrogens is 2. The summed E-state index contributed by atoms with van der Waals surface area (Å²) < 4.78 is 5.41. The van der Waals surface area contributed by atoms with E-state index in [1.54, 1.807) is 6.20 Å². The molecule has 0 saturated heterocycles. The van der Waals surface area contributed by atoms with E-state index in [1.165, 1.54) is 0 Å². The number of esters is 1. The van der Waals surface area contributed by atoms with Crippen LogP contribution in [0, 0.1) is 5.92 Å². The Morgan fingerprint density at radius 3 is 2.89 bits per heavy atom. The molecule has 1 aromatic rings. The van der Waals surface area contributed by atoms with Crippen LogP contribution in [0.4, 0.5) is 0 Å². The molecule has 0 spiro atoms. The lowest BCUT2D eigenvalue weighted by molar-refractivity contribution is -0.160. The SMILES string of the molecule is CC(C)(C)OC(=O)C1CCc2nc(Cl)ncc2C1. The second kappa shape index (κ2) is 4.84. The Balaban J connectivity index is 2.08. The maximum absolute atomic E-state index is 12.0. The van der Waals surface area contributed by atoms with Gasteiger partial charge < -0.3 is 4.74 Å². The van der Waals surface area contributed by atoms with Crippen LogP contribution in [-0.2, 0) is 22.4 Å². The number of fused-ring (bicyclic) bond motifs is 1. The van der Waals surface area contributed by atoms with E-state index in [4.69, 9.17) is 16.3 Å². The summed E-state index contributed by atoms with van der Waals surface area (Å²) in [7, 11) is 0. The van der Waals surface area contributed by atoms with Crippen molar-refractivity contribution in [2.75, 3.05) is 0 Å². The molecule has 1 aliphatic carbocycles. The monoisotopic (exact) mass is 268 g/mol. The lowest BCUT2D eigenvalue weighted by atomic mass is 9.87. The standard InChI is InChI=1S/C13H17ClN2O2/c1-13(2,3)18-11(17)8-4-5-10-9(6-8)7-15-12(14)16-10/h7-8H,4-6H2,1-3H3. The Morgan fingerprint density at radius 1 is 1.50 bits per heavy atom. The van der Waals surface area contributed by atoms with Crippen LogP contribution >= 0.6 is 11.6 Å². The van der Waals surface area contributed by atoms with Gasteiger partial charge in [-0.2, -0.15) is 0 Å². The van der Waals surface area contributed by atoms with Gasteiger partial charge in [0.25, 0.3) is 0 Å². The molecule has 1 aliphatic rings. The molecule has 2 rings (SSSR count). The Kier molecular flexibility index (Phi) is 3.57. The van der Waals surface area contributed by atoms with Gasteiger partial charge in [0.1, 0.15) is 5.60 Å². The number of hydrogen-bond donors (Lipinski definition) is 0. The van der Waals surface area contributed by atoms with E-state index >= 15 is 0 Å². The molecule has 0 aromatic carbocycles. The smallest absolute Gasteiger partial charge is 0.309 e. The summed E-state index contributed by atoms with van der Waals surface area (Å²) in [6, 6.07) is 0. The minimum atomic E-state index is -0.437. The van der Waals surface area contributed by atoms with Crippen LogP contribution < -0.4 is 0 Å². The zero-order valence-electron chi connectivity index (χ0n) is 10.9. The third kappa shape index (κ3) is 3.19. The molecule has 98 valence electrons. The van der Waals surface area contributed by atoms with E-state index in [1.807, 2.05) is 20.8 Å². The first kappa shape index (κ1) is 13.3. The summed E-state index contributed by atoms with van der Waals surface area (Å²) in [5.74, 6) is -0.232. The molecule has 0 aliphatic heterocycles. The highest BCUT2D eigenvalue weighted by Gasteiger charge is 2.29. The lowest BCUT2D eigenvalue weighted by Crippen LogP contribution is -2.32. The van der Waals surface area contributed by atoms with Gasteiger partial charge in [0, 0.05) is 11.9 Å². The summed E-state index contributed by atoms with van der Waals surface area (Å²) in [6.45, 7) is 5.64. The quantitative estimate of drug-likeness (QED) is 0.580. The zero-order valence-corrected chi connectivity index (χ0v) is 11.6. The van der Waals surface area contributed by atoms with Crippen LogP contribution in [0.25, 0.3) is 0 Å². The number of halogens is 1. The van der Waals surface area contributed by atoms with Crippen LogP contribution in [0.2, 0.25) is 5.28 Å². The minimum absolute atomic E-state index is 0.0958. The van der Waals surface area contributed by atoms with Gasteiger partial charge in [-0.1, -0.05) is 0 Å². The average Bonchev–Trinajstić information content (AvgIpc) is 2.26. The molecule has 1 atom stereocenters. The van der Waals surface area contributed by atoms with Crippen LogP contribution in [0.15, 0.2) is 6.20 Å². The molecule has 4 nitrogen and oxygen atoms in total. The first-order valence-electron chi connectivity index (χ1n) is 6.08. The largest absolute Gasteiger partial charge is 0.460 e. The zero-order chi connectivity index (χ0) is 13.3. The van der Waals surface area contributed by atoms with E-state index in [-0.39, 0.29) is 17.2 Å². The predicted molar refractivity (Wildman–Crippen MR) is 68.4 cm³/mol. The number of ether oxygens (including phenoxy) is 1. The number of aryl methyl sites for hydroxylation is 1. The molecule has 0 N–H and O–H groups in total. The van der Waals surface area contributed by atoms with Crippen molar-refractivity contribution in [3.8, 4) is 0 Å². The fourth-order valence-corrected chi connectivity index (χ4v) is 2.22. The molecule has 1 heterocycles. The van der Waals surface area contributed by atoms with E-state index in [9.17, 15) is 4.79 Å². The second-order valence-electron chi connectivity index (χ2n) is 5.58. The maximum Gasteiger partial charge on any atom is 0.309 e. The lowest BCUT2D eigenvalue weighted by Gasteiger charge is -2.26. The first-order valence-corrected chi connectivity index (χ1v) is 6.46. The number of rotatable bonds is 1. The van der Waals surface area contributed by atoms with Crippen molar-refractivity contribution in [2.24, 2.45) is 5.92 Å². The van der Waals surface area contributed by atoms with Crippen molar-refractivity contribution < 1.29 is 9.53 Å². The van der Waals surface area contributed by atoms with Crippen LogP contribution in [0.3, 0.4) is 0 Å². The highest BCUT2D eigenvalue weighted by Crippen LogP contribution is 2.26. The molecule has 5 heteroatoms. The average molecular weight is 269 g/mol. The fourth-order valence-electron chi connectivity index (χ4n) is 2.07. The Labute approximate surface area is 112 Å². The molecule has 0 amide bonds. The van der Waals surface area contributed by atoms with Crippen molar-refractivity contribution in [2.45, 2.75) is 45.6 Å². The summed E-state index contributed by atoms with van der Waals surface area (Å²) in [5.41, 5.74) is 1.52. The van der Waals surface area contributed by atoms with Crippen molar-refractivity contribution >= 4 is 17.6 Å². The molecule has 0 bridgehead atoms. The van der Waals surface area contributed by atoms with Gasteiger partial charge in [-0.15, -0.1) is 0 Å². The van der Waals surface area contributed by atoms with Crippen LogP contribution in [0.1, 0.15) is 38.4 Å². The fraction of sp³-hybridized carbons (Fsp3) is 0.615.